The molecule has 0 radical (unpaired) electrons. The summed E-state index contributed by atoms with van der Waals surface area (Å²) < 4.78 is 28.5. The largest absolute Gasteiger partial charge is 0.494 e. The number of ether oxygens (including phenoxy) is 5. The molecule has 1 fully saturated rings. The molecule has 2 aromatic carbocycles. The number of piperidine rings is 1. The van der Waals surface area contributed by atoms with Gasteiger partial charge in [0.25, 0.3) is 5.91 Å². The lowest BCUT2D eigenvalue weighted by molar-refractivity contribution is -0.155. The summed E-state index contributed by atoms with van der Waals surface area (Å²) in [5.41, 5.74) is 0.246. The van der Waals surface area contributed by atoms with Crippen LogP contribution in [0.15, 0.2) is 42.5 Å². The minimum Gasteiger partial charge on any atom is -0.494 e. The van der Waals surface area contributed by atoms with Crippen LogP contribution in [-0.2, 0) is 20.8 Å². The van der Waals surface area contributed by atoms with Gasteiger partial charge in [-0.3, -0.25) is 9.59 Å². The number of fused-ring (bicyclic) bond motifs is 10. The molecular weight excluding hydrogens is 682 g/mol. The van der Waals surface area contributed by atoms with Crippen molar-refractivity contribution in [2.75, 3.05) is 57.2 Å². The van der Waals surface area contributed by atoms with Gasteiger partial charge in [-0.05, 0) is 96.0 Å². The molecule has 4 heterocycles. The van der Waals surface area contributed by atoms with E-state index in [4.69, 9.17) is 23.7 Å². The third kappa shape index (κ3) is 11.1. The number of hydrogen-bond acceptors (Lipinski definition) is 13. The highest BCUT2D eigenvalue weighted by molar-refractivity contribution is 5.98. The van der Waals surface area contributed by atoms with E-state index in [-0.39, 0.29) is 31.6 Å². The number of anilines is 3. The van der Waals surface area contributed by atoms with Gasteiger partial charge in [0, 0.05) is 37.9 Å². The van der Waals surface area contributed by atoms with Crippen LogP contribution in [0, 0.1) is 5.41 Å². The third-order valence-electron chi connectivity index (χ3n) is 8.89. The Morgan fingerprint density at radius 3 is 2.30 bits per heavy atom. The van der Waals surface area contributed by atoms with Crippen LogP contribution in [0.4, 0.5) is 22.4 Å². The number of carbonyl (C=O) groups is 3. The number of rotatable bonds is 6. The van der Waals surface area contributed by atoms with Crippen LogP contribution in [0.25, 0.3) is 0 Å². The molecule has 0 unspecified atom stereocenters. The standard InChI is InChI=1S/C38H51N7O8/c1-6-50-35-43-33-39-24-26-11-14-28(15-12-26)51-21-9-7-8-10-22-52-30-23-27(41-34(42-33)44-35)13-16-29(30)31(46)40-25-38(32(47)49-5)17-19-45(20-18-38)36(48)53-37(2,3)4/h11-16,23H,6-10,17-22,24-25H2,1-5H3,(H,40,46)(H2,39,41,42,43,44). The Morgan fingerprint density at radius 1 is 0.925 bits per heavy atom. The molecule has 3 N–H and O–H groups in total. The Labute approximate surface area is 310 Å². The van der Waals surface area contributed by atoms with E-state index in [1.165, 1.54) is 7.11 Å². The van der Waals surface area contributed by atoms with Gasteiger partial charge >= 0.3 is 18.1 Å². The van der Waals surface area contributed by atoms with E-state index in [0.29, 0.717) is 62.2 Å². The van der Waals surface area contributed by atoms with Gasteiger partial charge in [-0.2, -0.15) is 15.0 Å². The lowest BCUT2D eigenvalue weighted by Crippen LogP contribution is -2.52. The van der Waals surface area contributed by atoms with Crippen molar-refractivity contribution >= 4 is 35.6 Å². The van der Waals surface area contributed by atoms with Crippen molar-refractivity contribution in [3.8, 4) is 17.5 Å². The van der Waals surface area contributed by atoms with Crippen LogP contribution >= 0.6 is 0 Å². The molecule has 1 saturated heterocycles. The highest BCUT2D eigenvalue weighted by Crippen LogP contribution is 2.34. The fourth-order valence-electron chi connectivity index (χ4n) is 5.99. The van der Waals surface area contributed by atoms with E-state index in [9.17, 15) is 14.4 Å². The molecule has 0 spiro atoms. The van der Waals surface area contributed by atoms with Gasteiger partial charge in [0.05, 0.1) is 37.9 Å². The Hall–Kier alpha value is -5.34. The second-order valence-corrected chi connectivity index (χ2v) is 14.1. The molecule has 53 heavy (non-hydrogen) atoms. The SMILES string of the molecule is CCOc1nc2nc(n1)Nc1ccc(C(=O)NCC3(C(=O)OC)CCN(C(=O)OC(C)(C)C)CC3)c(c1)OCCCCCCOc1ccc(cc1)CN2. The predicted molar refractivity (Wildman–Crippen MR) is 198 cm³/mol. The van der Waals surface area contributed by atoms with Crippen molar-refractivity contribution in [3.05, 3.63) is 53.6 Å². The summed E-state index contributed by atoms with van der Waals surface area (Å²) in [4.78, 5) is 54.5. The minimum atomic E-state index is -1.01. The van der Waals surface area contributed by atoms with Crippen LogP contribution < -0.4 is 30.2 Å². The van der Waals surface area contributed by atoms with Crippen molar-refractivity contribution in [2.24, 2.45) is 5.41 Å². The summed E-state index contributed by atoms with van der Waals surface area (Å²) >= 11 is 0. The molecule has 2 amide bonds. The van der Waals surface area contributed by atoms with Gasteiger partial charge in [-0.15, -0.1) is 0 Å². The number of nitrogens with one attached hydrogen (secondary N) is 3. The molecule has 1 aromatic heterocycles. The van der Waals surface area contributed by atoms with E-state index < -0.39 is 29.0 Å². The number of nitrogens with zero attached hydrogens (tertiary/aromatic N) is 4. The monoisotopic (exact) mass is 733 g/mol. The molecule has 15 nitrogen and oxygen atoms in total. The summed E-state index contributed by atoms with van der Waals surface area (Å²) in [5, 5.41) is 9.39. The number of amides is 2. The Morgan fingerprint density at radius 2 is 1.62 bits per heavy atom. The van der Waals surface area contributed by atoms with Crippen molar-refractivity contribution in [1.29, 1.82) is 0 Å². The third-order valence-corrected chi connectivity index (χ3v) is 8.89. The molecule has 3 aliphatic rings. The van der Waals surface area contributed by atoms with E-state index in [1.807, 2.05) is 31.2 Å². The second-order valence-electron chi connectivity index (χ2n) is 14.1. The van der Waals surface area contributed by atoms with Crippen molar-refractivity contribution in [2.45, 2.75) is 78.4 Å². The van der Waals surface area contributed by atoms with Crippen LogP contribution in [0.2, 0.25) is 0 Å². The average Bonchev–Trinajstić information content (AvgIpc) is 3.13. The zero-order valence-electron chi connectivity index (χ0n) is 31.3. The number of hydrogen-bond donors (Lipinski definition) is 3. The summed E-state index contributed by atoms with van der Waals surface area (Å²) in [7, 11) is 1.33. The quantitative estimate of drug-likeness (QED) is 0.257. The number of aromatic nitrogens is 3. The lowest BCUT2D eigenvalue weighted by Gasteiger charge is -2.40. The summed E-state index contributed by atoms with van der Waals surface area (Å²) in [6, 6.07) is 13.1. The zero-order chi connectivity index (χ0) is 37.8. The maximum Gasteiger partial charge on any atom is 0.410 e. The van der Waals surface area contributed by atoms with E-state index in [1.54, 1.807) is 43.9 Å². The first kappa shape index (κ1) is 38.9. The van der Waals surface area contributed by atoms with Crippen molar-refractivity contribution in [1.82, 2.24) is 25.2 Å². The Bertz CT molecular complexity index is 1710. The van der Waals surface area contributed by atoms with Crippen molar-refractivity contribution < 1.29 is 38.1 Å². The van der Waals surface area contributed by atoms with Gasteiger partial charge in [0.1, 0.15) is 17.1 Å². The molecular formula is C38H51N7O8. The van der Waals surface area contributed by atoms with E-state index in [2.05, 4.69) is 30.9 Å². The molecule has 6 rings (SSSR count). The van der Waals surface area contributed by atoms with Crippen LogP contribution in [0.1, 0.15) is 82.1 Å². The van der Waals surface area contributed by atoms with Crippen molar-refractivity contribution in [3.63, 3.8) is 0 Å². The fraction of sp³-hybridized carbons (Fsp3) is 0.526. The smallest absolute Gasteiger partial charge is 0.410 e. The van der Waals surface area contributed by atoms with Gasteiger partial charge in [0.15, 0.2) is 0 Å². The summed E-state index contributed by atoms with van der Waals surface area (Å²) in [6.45, 7) is 9.68. The van der Waals surface area contributed by atoms with E-state index >= 15 is 0 Å². The summed E-state index contributed by atoms with van der Waals surface area (Å²) in [6.07, 6.45) is 3.71. The van der Waals surface area contributed by atoms with Crippen LogP contribution in [0.3, 0.4) is 0 Å². The number of methoxy groups -OCH3 is 1. The maximum absolute atomic E-state index is 13.8. The normalized spacial score (nSPS) is 16.3. The lowest BCUT2D eigenvalue weighted by atomic mass is 9.78. The molecule has 6 bridgehead atoms. The van der Waals surface area contributed by atoms with Crippen LogP contribution in [0.5, 0.6) is 17.5 Å². The average molecular weight is 734 g/mol. The van der Waals surface area contributed by atoms with Gasteiger partial charge in [-0.1, -0.05) is 12.1 Å². The summed E-state index contributed by atoms with van der Waals surface area (Å²) in [5.74, 6) is 0.862. The van der Waals surface area contributed by atoms with Gasteiger partial charge in [0.2, 0.25) is 11.9 Å². The number of likely N-dealkylation sites (tertiary alicyclic amines) is 1. The maximum atomic E-state index is 13.8. The Kier molecular flexibility index (Phi) is 13.2. The van der Waals surface area contributed by atoms with Gasteiger partial charge < -0.3 is 44.5 Å². The highest BCUT2D eigenvalue weighted by Gasteiger charge is 2.44. The molecule has 0 atom stereocenters. The fourth-order valence-corrected chi connectivity index (χ4v) is 5.99. The molecule has 0 saturated carbocycles. The molecule has 3 aromatic rings. The second kappa shape index (κ2) is 17.9. The number of carbonyl (C=O) groups excluding carboxylic acids is 3. The minimum absolute atomic E-state index is 0.0202. The first-order valence-corrected chi connectivity index (χ1v) is 18.2. The molecule has 15 heteroatoms. The predicted octanol–water partition coefficient (Wildman–Crippen LogP) is 5.88. The molecule has 3 aliphatic heterocycles. The zero-order valence-corrected chi connectivity index (χ0v) is 31.3. The topological polar surface area (TPSA) is 175 Å². The highest BCUT2D eigenvalue weighted by atomic mass is 16.6. The molecule has 286 valence electrons. The first-order valence-electron chi connectivity index (χ1n) is 18.2. The van der Waals surface area contributed by atoms with E-state index in [0.717, 1.165) is 37.0 Å². The first-order chi connectivity index (χ1) is 25.5. The Balaban J connectivity index is 1.34. The number of esters is 1. The van der Waals surface area contributed by atoms with Crippen LogP contribution in [-0.4, -0.2) is 90.0 Å². The molecule has 0 aliphatic carbocycles. The number of benzene rings is 2. The van der Waals surface area contributed by atoms with Gasteiger partial charge in [-0.25, -0.2) is 4.79 Å².